The van der Waals surface area contributed by atoms with Crippen molar-refractivity contribution >= 4 is 11.7 Å². The molecule has 0 unspecified atom stereocenters. The predicted octanol–water partition coefficient (Wildman–Crippen LogP) is 3.13. The van der Waals surface area contributed by atoms with Crippen molar-refractivity contribution in [3.05, 3.63) is 53.2 Å². The van der Waals surface area contributed by atoms with Gasteiger partial charge in [0.2, 0.25) is 5.76 Å². The summed E-state index contributed by atoms with van der Waals surface area (Å²) in [5.74, 6) is -0.761. The number of hydrogen-bond acceptors (Lipinski definition) is 4. The van der Waals surface area contributed by atoms with E-state index in [0.29, 0.717) is 11.3 Å². The Labute approximate surface area is 110 Å². The van der Waals surface area contributed by atoms with Crippen molar-refractivity contribution in [3.63, 3.8) is 0 Å². The summed E-state index contributed by atoms with van der Waals surface area (Å²) in [7, 11) is 1.28. The number of rotatable bonds is 4. The summed E-state index contributed by atoms with van der Waals surface area (Å²) in [4.78, 5) is 11.4. The highest BCUT2D eigenvalue weighted by atomic mass is 19.1. The molecule has 1 aromatic heterocycles. The van der Waals surface area contributed by atoms with E-state index in [1.165, 1.54) is 19.4 Å². The number of carbonyl (C=O) groups excluding carboxylic acids is 1. The van der Waals surface area contributed by atoms with Gasteiger partial charge in [0.25, 0.3) is 0 Å². The lowest BCUT2D eigenvalue weighted by Gasteiger charge is -2.08. The SMILES string of the molecule is COC(=O)c1occc1CNc1cc(C)ccc1F. The standard InChI is InChI=1S/C14H14FNO3/c1-9-3-4-11(15)12(7-9)16-8-10-5-6-19-13(10)14(17)18-2/h3-7,16H,8H2,1-2H3. The van der Waals surface area contributed by atoms with Gasteiger partial charge in [0.15, 0.2) is 0 Å². The van der Waals surface area contributed by atoms with E-state index in [0.717, 1.165) is 5.56 Å². The Morgan fingerprint density at radius 2 is 2.21 bits per heavy atom. The van der Waals surface area contributed by atoms with Gasteiger partial charge in [-0.15, -0.1) is 0 Å². The van der Waals surface area contributed by atoms with E-state index in [-0.39, 0.29) is 18.1 Å². The number of halogens is 1. The topological polar surface area (TPSA) is 51.5 Å². The molecule has 0 spiro atoms. The molecular weight excluding hydrogens is 249 g/mol. The molecule has 1 heterocycles. The maximum atomic E-state index is 13.5. The molecule has 4 nitrogen and oxygen atoms in total. The summed E-state index contributed by atoms with van der Waals surface area (Å²) in [6.07, 6.45) is 1.40. The van der Waals surface area contributed by atoms with E-state index in [4.69, 9.17) is 4.42 Å². The Morgan fingerprint density at radius 3 is 2.95 bits per heavy atom. The van der Waals surface area contributed by atoms with Crippen LogP contribution in [0.2, 0.25) is 0 Å². The van der Waals surface area contributed by atoms with Gasteiger partial charge in [0.1, 0.15) is 5.82 Å². The molecular formula is C14H14FNO3. The minimum Gasteiger partial charge on any atom is -0.463 e. The summed E-state index contributed by atoms with van der Waals surface area (Å²) in [5, 5.41) is 2.93. The number of esters is 1. The van der Waals surface area contributed by atoms with Crippen LogP contribution >= 0.6 is 0 Å². The van der Waals surface area contributed by atoms with Crippen molar-refractivity contribution in [2.45, 2.75) is 13.5 Å². The number of ether oxygens (including phenoxy) is 1. The highest BCUT2D eigenvalue weighted by molar-refractivity contribution is 5.87. The van der Waals surface area contributed by atoms with Crippen LogP contribution in [0.5, 0.6) is 0 Å². The van der Waals surface area contributed by atoms with Crippen LogP contribution in [-0.4, -0.2) is 13.1 Å². The van der Waals surface area contributed by atoms with E-state index in [1.807, 2.05) is 6.92 Å². The Bertz CT molecular complexity index is 592. The Morgan fingerprint density at radius 1 is 1.42 bits per heavy atom. The maximum Gasteiger partial charge on any atom is 0.374 e. The lowest BCUT2D eigenvalue weighted by molar-refractivity contribution is 0.0563. The fraction of sp³-hybridized carbons (Fsp3) is 0.214. The Kier molecular flexibility index (Phi) is 3.85. The molecule has 0 radical (unpaired) electrons. The van der Waals surface area contributed by atoms with Crippen molar-refractivity contribution < 1.29 is 18.3 Å². The van der Waals surface area contributed by atoms with E-state index < -0.39 is 5.97 Å². The number of nitrogens with one attached hydrogen (secondary N) is 1. The first kappa shape index (κ1) is 13.1. The number of aryl methyl sites for hydroxylation is 1. The van der Waals surface area contributed by atoms with Crippen LogP contribution in [0.4, 0.5) is 10.1 Å². The van der Waals surface area contributed by atoms with Gasteiger partial charge in [0, 0.05) is 12.1 Å². The first-order valence-corrected chi connectivity index (χ1v) is 5.76. The molecule has 19 heavy (non-hydrogen) atoms. The molecule has 0 aliphatic rings. The second-order valence-corrected chi connectivity index (χ2v) is 4.10. The van der Waals surface area contributed by atoms with Gasteiger partial charge in [-0.3, -0.25) is 0 Å². The van der Waals surface area contributed by atoms with Crippen LogP contribution < -0.4 is 5.32 Å². The monoisotopic (exact) mass is 263 g/mol. The van der Waals surface area contributed by atoms with Crippen molar-refractivity contribution in [2.75, 3.05) is 12.4 Å². The third-order valence-electron chi connectivity index (χ3n) is 2.71. The molecule has 100 valence electrons. The number of carbonyl (C=O) groups is 1. The highest BCUT2D eigenvalue weighted by Gasteiger charge is 2.15. The molecule has 0 atom stereocenters. The zero-order valence-electron chi connectivity index (χ0n) is 10.7. The Hall–Kier alpha value is -2.30. The van der Waals surface area contributed by atoms with Crippen LogP contribution in [0, 0.1) is 12.7 Å². The number of anilines is 1. The first-order chi connectivity index (χ1) is 9.11. The second-order valence-electron chi connectivity index (χ2n) is 4.10. The zero-order valence-corrected chi connectivity index (χ0v) is 10.7. The van der Waals surface area contributed by atoms with Crippen LogP contribution in [-0.2, 0) is 11.3 Å². The van der Waals surface area contributed by atoms with Gasteiger partial charge in [-0.1, -0.05) is 6.07 Å². The number of furan rings is 1. The van der Waals surface area contributed by atoms with Crippen molar-refractivity contribution in [1.82, 2.24) is 0 Å². The van der Waals surface area contributed by atoms with Crippen molar-refractivity contribution in [2.24, 2.45) is 0 Å². The first-order valence-electron chi connectivity index (χ1n) is 5.76. The summed E-state index contributed by atoms with van der Waals surface area (Å²) >= 11 is 0. The van der Waals surface area contributed by atoms with Crippen LogP contribution in [0.1, 0.15) is 21.7 Å². The summed E-state index contributed by atoms with van der Waals surface area (Å²) in [6.45, 7) is 2.16. The maximum absolute atomic E-state index is 13.5. The molecule has 0 saturated carbocycles. The molecule has 1 N–H and O–H groups in total. The molecule has 0 bridgehead atoms. The molecule has 2 aromatic rings. The lowest BCUT2D eigenvalue weighted by atomic mass is 10.2. The average molecular weight is 263 g/mol. The number of benzene rings is 1. The number of methoxy groups -OCH3 is 1. The van der Waals surface area contributed by atoms with E-state index in [9.17, 15) is 9.18 Å². The molecule has 2 rings (SSSR count). The van der Waals surface area contributed by atoms with E-state index >= 15 is 0 Å². The highest BCUT2D eigenvalue weighted by Crippen LogP contribution is 2.18. The van der Waals surface area contributed by atoms with Gasteiger partial charge in [-0.05, 0) is 30.7 Å². The lowest BCUT2D eigenvalue weighted by Crippen LogP contribution is -2.07. The fourth-order valence-electron chi connectivity index (χ4n) is 1.71. The molecule has 5 heteroatoms. The summed E-state index contributed by atoms with van der Waals surface area (Å²) in [6, 6.07) is 6.44. The van der Waals surface area contributed by atoms with Gasteiger partial charge < -0.3 is 14.5 Å². The van der Waals surface area contributed by atoms with E-state index in [2.05, 4.69) is 10.1 Å². The largest absolute Gasteiger partial charge is 0.463 e. The second kappa shape index (κ2) is 5.56. The molecule has 0 saturated heterocycles. The quantitative estimate of drug-likeness (QED) is 0.861. The fourth-order valence-corrected chi connectivity index (χ4v) is 1.71. The predicted molar refractivity (Wildman–Crippen MR) is 68.5 cm³/mol. The Balaban J connectivity index is 2.13. The molecule has 0 fully saturated rings. The van der Waals surface area contributed by atoms with Gasteiger partial charge >= 0.3 is 5.97 Å². The van der Waals surface area contributed by atoms with Crippen LogP contribution in [0.15, 0.2) is 34.9 Å². The third kappa shape index (κ3) is 2.93. The smallest absolute Gasteiger partial charge is 0.374 e. The molecule has 0 aliphatic heterocycles. The minimum atomic E-state index is -0.550. The summed E-state index contributed by atoms with van der Waals surface area (Å²) in [5.41, 5.74) is 1.95. The van der Waals surface area contributed by atoms with Crippen LogP contribution in [0.25, 0.3) is 0 Å². The number of hydrogen-bond donors (Lipinski definition) is 1. The third-order valence-corrected chi connectivity index (χ3v) is 2.71. The normalized spacial score (nSPS) is 10.3. The van der Waals surface area contributed by atoms with Crippen molar-refractivity contribution in [1.29, 1.82) is 0 Å². The van der Waals surface area contributed by atoms with Gasteiger partial charge in [-0.2, -0.15) is 0 Å². The van der Waals surface area contributed by atoms with Crippen molar-refractivity contribution in [3.8, 4) is 0 Å². The average Bonchev–Trinajstić information content (AvgIpc) is 2.87. The molecule has 0 amide bonds. The van der Waals surface area contributed by atoms with Gasteiger partial charge in [-0.25, -0.2) is 9.18 Å². The van der Waals surface area contributed by atoms with E-state index in [1.54, 1.807) is 18.2 Å². The zero-order chi connectivity index (χ0) is 13.8. The molecule has 0 aliphatic carbocycles. The van der Waals surface area contributed by atoms with Crippen LogP contribution in [0.3, 0.4) is 0 Å². The molecule has 1 aromatic carbocycles. The minimum absolute atomic E-state index is 0.128. The van der Waals surface area contributed by atoms with Gasteiger partial charge in [0.05, 0.1) is 19.1 Å². The summed E-state index contributed by atoms with van der Waals surface area (Å²) < 4.78 is 23.2.